The van der Waals surface area contributed by atoms with Crippen molar-refractivity contribution in [3.05, 3.63) is 0 Å². The molecule has 1 aliphatic rings. The molecule has 1 heterocycles. The summed E-state index contributed by atoms with van der Waals surface area (Å²) in [6.45, 7) is 1.93. The highest BCUT2D eigenvalue weighted by atomic mass is 15.5. The van der Waals surface area contributed by atoms with E-state index in [9.17, 15) is 0 Å². The smallest absolute Gasteiger partial charge is 0.125 e. The van der Waals surface area contributed by atoms with Crippen molar-refractivity contribution < 1.29 is 0 Å². The molecule has 0 amide bonds. The molecule has 0 spiro atoms. The second kappa shape index (κ2) is 3.38. The van der Waals surface area contributed by atoms with E-state index in [1.54, 1.807) is 0 Å². The average Bonchev–Trinajstić information content (AvgIpc) is 2.38. The van der Waals surface area contributed by atoms with Crippen molar-refractivity contribution in [3.63, 3.8) is 0 Å². The van der Waals surface area contributed by atoms with Crippen LogP contribution in [0, 0.1) is 5.92 Å². The molecule has 0 aromatic rings. The van der Waals surface area contributed by atoms with E-state index in [0.29, 0.717) is 11.8 Å². The summed E-state index contributed by atoms with van der Waals surface area (Å²) in [7, 11) is 0. The summed E-state index contributed by atoms with van der Waals surface area (Å²) in [5.41, 5.74) is 7.74. The number of nitrogens with zero attached hydrogens (tertiary/aromatic N) is 1. The Hall–Kier alpha value is -0.810. The van der Waals surface area contributed by atoms with E-state index in [2.05, 4.69) is 16.0 Å². The lowest BCUT2D eigenvalue weighted by molar-refractivity contribution is 0.725. The van der Waals surface area contributed by atoms with Crippen molar-refractivity contribution in [3.8, 4) is 0 Å². The van der Waals surface area contributed by atoms with Crippen LogP contribution in [-0.4, -0.2) is 18.9 Å². The van der Waals surface area contributed by atoms with Gasteiger partial charge in [0.2, 0.25) is 0 Å². The zero-order valence-electron chi connectivity index (χ0n) is 5.80. The number of rotatable bonds is 2. The zero-order chi connectivity index (χ0) is 7.40. The standard InChI is InChI=1S/C5H13N5/c6-5(9-10-7)4-1-2-8-3-4/h4,8,10H,1-3,7H2,(H2,6,9). The fraction of sp³-hybridized carbons (Fsp3) is 0.800. The number of nitrogens with two attached hydrogens (primary N) is 2. The maximum Gasteiger partial charge on any atom is 0.125 e. The van der Waals surface area contributed by atoms with Gasteiger partial charge in [-0.25, -0.2) is 11.4 Å². The van der Waals surface area contributed by atoms with Gasteiger partial charge in [0, 0.05) is 12.5 Å². The summed E-state index contributed by atoms with van der Waals surface area (Å²) in [4.78, 5) is 0. The van der Waals surface area contributed by atoms with Crippen molar-refractivity contribution in [2.75, 3.05) is 13.1 Å². The number of nitrogens with one attached hydrogen (secondary N) is 2. The lowest BCUT2D eigenvalue weighted by Gasteiger charge is -2.05. The Labute approximate surface area is 59.8 Å². The number of hydrogen-bond acceptors (Lipinski definition) is 4. The van der Waals surface area contributed by atoms with Gasteiger partial charge in [-0.3, -0.25) is 0 Å². The molecule has 0 aromatic heterocycles. The monoisotopic (exact) mass is 143 g/mol. The molecular weight excluding hydrogens is 130 g/mol. The molecule has 1 saturated heterocycles. The van der Waals surface area contributed by atoms with Crippen LogP contribution in [0.3, 0.4) is 0 Å². The molecule has 0 radical (unpaired) electrons. The number of hydrazone groups is 1. The lowest BCUT2D eigenvalue weighted by atomic mass is 10.1. The summed E-state index contributed by atoms with van der Waals surface area (Å²) >= 11 is 0. The topological polar surface area (TPSA) is 88.5 Å². The zero-order valence-corrected chi connectivity index (χ0v) is 5.80. The molecule has 0 saturated carbocycles. The van der Waals surface area contributed by atoms with E-state index in [-0.39, 0.29) is 0 Å². The fourth-order valence-electron chi connectivity index (χ4n) is 1.07. The first-order chi connectivity index (χ1) is 4.84. The molecule has 1 rings (SSSR count). The summed E-state index contributed by atoms with van der Waals surface area (Å²) in [6, 6.07) is 0. The Bertz CT molecular complexity index is 126. The number of amidine groups is 1. The maximum absolute atomic E-state index is 5.56. The molecule has 58 valence electrons. The number of hydrazine groups is 1. The van der Waals surface area contributed by atoms with Crippen LogP contribution in [0.4, 0.5) is 0 Å². The summed E-state index contributed by atoms with van der Waals surface area (Å²) in [6.07, 6.45) is 1.05. The van der Waals surface area contributed by atoms with Gasteiger partial charge in [-0.05, 0) is 13.0 Å². The van der Waals surface area contributed by atoms with Crippen LogP contribution in [0.1, 0.15) is 6.42 Å². The molecule has 1 atom stereocenters. The Morgan fingerprint density at radius 3 is 3.00 bits per heavy atom. The van der Waals surface area contributed by atoms with Crippen molar-refractivity contribution in [2.24, 2.45) is 22.6 Å². The van der Waals surface area contributed by atoms with Gasteiger partial charge in [0.25, 0.3) is 0 Å². The van der Waals surface area contributed by atoms with Gasteiger partial charge in [-0.15, -0.1) is 0 Å². The SMILES string of the molecule is NN/N=C(\N)C1CCNC1. The molecule has 5 nitrogen and oxygen atoms in total. The molecule has 1 unspecified atom stereocenters. The predicted octanol–water partition coefficient (Wildman–Crippen LogP) is -1.67. The third kappa shape index (κ3) is 1.58. The minimum Gasteiger partial charge on any atom is -0.385 e. The summed E-state index contributed by atoms with van der Waals surface area (Å²) in [5.74, 6) is 5.91. The largest absolute Gasteiger partial charge is 0.385 e. The maximum atomic E-state index is 5.56. The Morgan fingerprint density at radius 1 is 1.70 bits per heavy atom. The molecule has 1 aliphatic heterocycles. The van der Waals surface area contributed by atoms with Crippen LogP contribution in [-0.2, 0) is 0 Å². The van der Waals surface area contributed by atoms with E-state index in [1.807, 2.05) is 0 Å². The van der Waals surface area contributed by atoms with Gasteiger partial charge in [0.05, 0.1) is 0 Å². The van der Waals surface area contributed by atoms with Crippen LogP contribution in [0.5, 0.6) is 0 Å². The number of hydrogen-bond donors (Lipinski definition) is 4. The van der Waals surface area contributed by atoms with Crippen LogP contribution in [0.2, 0.25) is 0 Å². The Kier molecular flexibility index (Phi) is 2.47. The van der Waals surface area contributed by atoms with Gasteiger partial charge in [-0.1, -0.05) is 0 Å². The Morgan fingerprint density at radius 2 is 2.50 bits per heavy atom. The van der Waals surface area contributed by atoms with Gasteiger partial charge in [0.15, 0.2) is 0 Å². The van der Waals surface area contributed by atoms with E-state index >= 15 is 0 Å². The van der Waals surface area contributed by atoms with Crippen LogP contribution in [0.15, 0.2) is 5.10 Å². The normalized spacial score (nSPS) is 26.9. The lowest BCUT2D eigenvalue weighted by Crippen LogP contribution is -2.30. The quantitative estimate of drug-likeness (QED) is 0.161. The Balaban J connectivity index is 2.39. The first-order valence-corrected chi connectivity index (χ1v) is 3.34. The summed E-state index contributed by atoms with van der Waals surface area (Å²) in [5, 5.41) is 6.87. The third-order valence-electron chi connectivity index (χ3n) is 1.67. The highest BCUT2D eigenvalue weighted by molar-refractivity contribution is 5.83. The molecule has 0 bridgehead atoms. The highest BCUT2D eigenvalue weighted by Crippen LogP contribution is 2.05. The average molecular weight is 143 g/mol. The van der Waals surface area contributed by atoms with Crippen LogP contribution < -0.4 is 22.4 Å². The first kappa shape index (κ1) is 7.30. The van der Waals surface area contributed by atoms with Gasteiger partial charge in [0.1, 0.15) is 5.84 Å². The van der Waals surface area contributed by atoms with Crippen LogP contribution in [0.25, 0.3) is 0 Å². The summed E-state index contributed by atoms with van der Waals surface area (Å²) < 4.78 is 0. The minimum atomic E-state index is 0.357. The fourth-order valence-corrected chi connectivity index (χ4v) is 1.07. The second-order valence-electron chi connectivity index (χ2n) is 2.36. The van der Waals surface area contributed by atoms with E-state index < -0.39 is 0 Å². The van der Waals surface area contributed by atoms with Crippen molar-refractivity contribution >= 4 is 5.84 Å². The third-order valence-corrected chi connectivity index (χ3v) is 1.67. The van der Waals surface area contributed by atoms with Crippen LogP contribution >= 0.6 is 0 Å². The highest BCUT2D eigenvalue weighted by Gasteiger charge is 2.17. The predicted molar refractivity (Wildman–Crippen MR) is 39.9 cm³/mol. The molecule has 10 heavy (non-hydrogen) atoms. The molecule has 6 N–H and O–H groups in total. The van der Waals surface area contributed by atoms with E-state index in [0.717, 1.165) is 19.5 Å². The van der Waals surface area contributed by atoms with Crippen molar-refractivity contribution in [2.45, 2.75) is 6.42 Å². The molecular formula is C5H13N5. The van der Waals surface area contributed by atoms with Crippen molar-refractivity contribution in [1.82, 2.24) is 10.9 Å². The first-order valence-electron chi connectivity index (χ1n) is 3.34. The minimum absolute atomic E-state index is 0.357. The van der Waals surface area contributed by atoms with Gasteiger partial charge < -0.3 is 11.1 Å². The molecule has 1 fully saturated rings. The second-order valence-corrected chi connectivity index (χ2v) is 2.36. The van der Waals surface area contributed by atoms with E-state index in [4.69, 9.17) is 11.6 Å². The molecule has 5 heteroatoms. The van der Waals surface area contributed by atoms with Gasteiger partial charge >= 0.3 is 0 Å². The molecule has 0 aromatic carbocycles. The van der Waals surface area contributed by atoms with E-state index in [1.165, 1.54) is 0 Å². The van der Waals surface area contributed by atoms with Crippen molar-refractivity contribution in [1.29, 1.82) is 0 Å². The van der Waals surface area contributed by atoms with Gasteiger partial charge in [-0.2, -0.15) is 5.10 Å². The molecule has 0 aliphatic carbocycles.